The van der Waals surface area contributed by atoms with Gasteiger partial charge in [-0.1, -0.05) is 30.3 Å². The highest BCUT2D eigenvalue weighted by Crippen LogP contribution is 2.17. The van der Waals surface area contributed by atoms with Crippen LogP contribution in [0.15, 0.2) is 48.7 Å². The van der Waals surface area contributed by atoms with E-state index < -0.39 is 0 Å². The van der Waals surface area contributed by atoms with Gasteiger partial charge in [0.15, 0.2) is 0 Å². The minimum Gasteiger partial charge on any atom is -0.480 e. The van der Waals surface area contributed by atoms with Crippen molar-refractivity contribution in [2.24, 2.45) is 0 Å². The van der Waals surface area contributed by atoms with Crippen LogP contribution in [0.3, 0.4) is 0 Å². The Bertz CT molecular complexity index is 705. The van der Waals surface area contributed by atoms with Gasteiger partial charge in [-0.15, -0.1) is 0 Å². The number of nitrogens with zero attached hydrogens (tertiary/aromatic N) is 3. The average molecular weight is 353 g/mol. The second-order valence-corrected chi connectivity index (χ2v) is 6.64. The maximum atomic E-state index is 12.8. The Balaban J connectivity index is 1.50. The summed E-state index contributed by atoms with van der Waals surface area (Å²) in [6.07, 6.45) is 4.90. The molecule has 1 amide bonds. The third-order valence-corrected chi connectivity index (χ3v) is 4.85. The number of rotatable bonds is 6. The van der Waals surface area contributed by atoms with Crippen LogP contribution in [-0.2, 0) is 6.42 Å². The van der Waals surface area contributed by atoms with E-state index in [1.165, 1.54) is 5.56 Å². The van der Waals surface area contributed by atoms with Crippen LogP contribution < -0.4 is 4.74 Å². The molecule has 0 aliphatic carbocycles. The molecular weight excluding hydrogens is 326 g/mol. The van der Waals surface area contributed by atoms with Gasteiger partial charge in [-0.3, -0.25) is 4.79 Å². The number of pyridine rings is 1. The number of ether oxygens (including phenoxy) is 1. The average Bonchev–Trinajstić information content (AvgIpc) is 2.94. The molecule has 1 aromatic carbocycles. The summed E-state index contributed by atoms with van der Waals surface area (Å²) in [5.74, 6) is 0.419. The van der Waals surface area contributed by atoms with Crippen molar-refractivity contribution in [3.63, 3.8) is 0 Å². The van der Waals surface area contributed by atoms with Crippen LogP contribution in [0, 0.1) is 0 Å². The van der Waals surface area contributed by atoms with Gasteiger partial charge in [0.05, 0.1) is 7.11 Å². The number of amides is 1. The number of hydrogen-bond acceptors (Lipinski definition) is 4. The maximum Gasteiger partial charge on any atom is 0.259 e. The number of carbonyl (C=O) groups is 1. The molecule has 1 aromatic heterocycles. The second-order valence-electron chi connectivity index (χ2n) is 6.64. The van der Waals surface area contributed by atoms with E-state index in [9.17, 15) is 4.79 Å². The summed E-state index contributed by atoms with van der Waals surface area (Å²) in [6, 6.07) is 14.2. The monoisotopic (exact) mass is 353 g/mol. The van der Waals surface area contributed by atoms with Crippen LogP contribution >= 0.6 is 0 Å². The molecule has 1 fully saturated rings. The van der Waals surface area contributed by atoms with Gasteiger partial charge in [0.25, 0.3) is 5.91 Å². The summed E-state index contributed by atoms with van der Waals surface area (Å²) in [4.78, 5) is 21.4. The molecule has 5 nitrogen and oxygen atoms in total. The van der Waals surface area contributed by atoms with Crippen molar-refractivity contribution in [2.75, 3.05) is 39.8 Å². The summed E-state index contributed by atoms with van der Waals surface area (Å²) in [5.41, 5.74) is 1.94. The van der Waals surface area contributed by atoms with E-state index in [-0.39, 0.29) is 5.91 Å². The van der Waals surface area contributed by atoms with Crippen LogP contribution in [0.4, 0.5) is 0 Å². The largest absolute Gasteiger partial charge is 0.480 e. The molecule has 0 radical (unpaired) electrons. The van der Waals surface area contributed by atoms with E-state index in [4.69, 9.17) is 4.74 Å². The Morgan fingerprint density at radius 1 is 1.08 bits per heavy atom. The Kier molecular flexibility index (Phi) is 6.61. The zero-order valence-electron chi connectivity index (χ0n) is 15.4. The van der Waals surface area contributed by atoms with Gasteiger partial charge in [0.1, 0.15) is 5.56 Å². The summed E-state index contributed by atoms with van der Waals surface area (Å²) in [5, 5.41) is 0. The maximum absolute atomic E-state index is 12.8. The SMILES string of the molecule is COc1ncccc1C(=O)N1CCCN(CCCc2ccccc2)CC1. The second kappa shape index (κ2) is 9.34. The summed E-state index contributed by atoms with van der Waals surface area (Å²) in [6.45, 7) is 4.58. The smallest absolute Gasteiger partial charge is 0.259 e. The fourth-order valence-electron chi connectivity index (χ4n) is 3.44. The third-order valence-electron chi connectivity index (χ3n) is 4.85. The van der Waals surface area contributed by atoms with E-state index in [1.807, 2.05) is 4.90 Å². The number of benzene rings is 1. The third kappa shape index (κ3) is 4.82. The normalized spacial score (nSPS) is 15.5. The van der Waals surface area contributed by atoms with E-state index >= 15 is 0 Å². The lowest BCUT2D eigenvalue weighted by Gasteiger charge is -2.22. The lowest BCUT2D eigenvalue weighted by atomic mass is 10.1. The van der Waals surface area contributed by atoms with E-state index in [0.29, 0.717) is 11.4 Å². The van der Waals surface area contributed by atoms with Crippen LogP contribution in [0.25, 0.3) is 0 Å². The predicted molar refractivity (Wildman–Crippen MR) is 103 cm³/mol. The molecule has 2 heterocycles. The van der Waals surface area contributed by atoms with Gasteiger partial charge >= 0.3 is 0 Å². The van der Waals surface area contributed by atoms with Crippen LogP contribution in [0.2, 0.25) is 0 Å². The lowest BCUT2D eigenvalue weighted by molar-refractivity contribution is 0.0757. The molecule has 26 heavy (non-hydrogen) atoms. The highest BCUT2D eigenvalue weighted by Gasteiger charge is 2.22. The number of methoxy groups -OCH3 is 1. The molecule has 1 aliphatic heterocycles. The molecular formula is C21H27N3O2. The number of aryl methyl sites for hydroxylation is 1. The standard InChI is InChI=1S/C21H27N3O2/c1-26-20-19(11-5-12-22-20)21(25)24-15-7-14-23(16-17-24)13-6-10-18-8-3-2-4-9-18/h2-5,8-9,11-12H,6-7,10,13-17H2,1H3. The van der Waals surface area contributed by atoms with Gasteiger partial charge in [0, 0.05) is 25.8 Å². The highest BCUT2D eigenvalue weighted by atomic mass is 16.5. The van der Waals surface area contributed by atoms with E-state index in [0.717, 1.165) is 52.0 Å². The zero-order chi connectivity index (χ0) is 18.2. The number of hydrogen-bond donors (Lipinski definition) is 0. The molecule has 0 unspecified atom stereocenters. The molecule has 0 saturated carbocycles. The molecule has 0 atom stereocenters. The number of aromatic nitrogens is 1. The van der Waals surface area contributed by atoms with Crippen molar-refractivity contribution < 1.29 is 9.53 Å². The number of carbonyl (C=O) groups excluding carboxylic acids is 1. The molecule has 0 bridgehead atoms. The Morgan fingerprint density at radius 3 is 2.73 bits per heavy atom. The first-order chi connectivity index (χ1) is 12.8. The van der Waals surface area contributed by atoms with E-state index in [1.54, 1.807) is 25.4 Å². The fourth-order valence-corrected chi connectivity index (χ4v) is 3.44. The quantitative estimate of drug-likeness (QED) is 0.801. The molecule has 138 valence electrons. The van der Waals surface area contributed by atoms with Gasteiger partial charge in [-0.2, -0.15) is 0 Å². The Morgan fingerprint density at radius 2 is 1.92 bits per heavy atom. The molecule has 0 N–H and O–H groups in total. The first-order valence-corrected chi connectivity index (χ1v) is 9.32. The molecule has 2 aromatic rings. The molecule has 3 rings (SSSR count). The van der Waals surface area contributed by atoms with Crippen LogP contribution in [-0.4, -0.2) is 60.5 Å². The van der Waals surface area contributed by atoms with Crippen molar-refractivity contribution in [1.29, 1.82) is 0 Å². The van der Waals surface area contributed by atoms with Crippen molar-refractivity contribution >= 4 is 5.91 Å². The van der Waals surface area contributed by atoms with Crippen LogP contribution in [0.1, 0.15) is 28.8 Å². The highest BCUT2D eigenvalue weighted by molar-refractivity contribution is 5.96. The van der Waals surface area contributed by atoms with Gasteiger partial charge in [-0.05, 0) is 50.0 Å². The van der Waals surface area contributed by atoms with Crippen molar-refractivity contribution in [3.8, 4) is 5.88 Å². The van der Waals surface area contributed by atoms with E-state index in [2.05, 4.69) is 40.2 Å². The summed E-state index contributed by atoms with van der Waals surface area (Å²) >= 11 is 0. The zero-order valence-corrected chi connectivity index (χ0v) is 15.4. The Labute approximate surface area is 155 Å². The molecule has 1 saturated heterocycles. The van der Waals surface area contributed by atoms with Gasteiger partial charge in [0.2, 0.25) is 5.88 Å². The molecule has 0 spiro atoms. The molecule has 1 aliphatic rings. The minimum atomic E-state index is 0.0149. The first-order valence-electron chi connectivity index (χ1n) is 9.32. The molecule has 5 heteroatoms. The van der Waals surface area contributed by atoms with Crippen LogP contribution in [0.5, 0.6) is 5.88 Å². The predicted octanol–water partition coefficient (Wildman–Crippen LogP) is 2.87. The van der Waals surface area contributed by atoms with Crippen molar-refractivity contribution in [1.82, 2.24) is 14.8 Å². The van der Waals surface area contributed by atoms with Gasteiger partial charge in [-0.25, -0.2) is 4.98 Å². The first kappa shape index (κ1) is 18.4. The van der Waals surface area contributed by atoms with Gasteiger partial charge < -0.3 is 14.5 Å². The van der Waals surface area contributed by atoms with Crippen molar-refractivity contribution in [2.45, 2.75) is 19.3 Å². The fraction of sp³-hybridized carbons (Fsp3) is 0.429. The minimum absolute atomic E-state index is 0.0149. The summed E-state index contributed by atoms with van der Waals surface area (Å²) < 4.78 is 5.24. The summed E-state index contributed by atoms with van der Waals surface area (Å²) in [7, 11) is 1.55. The Hall–Kier alpha value is -2.40. The topological polar surface area (TPSA) is 45.7 Å². The van der Waals surface area contributed by atoms with Crippen molar-refractivity contribution in [3.05, 3.63) is 59.8 Å². The lowest BCUT2D eigenvalue weighted by Crippen LogP contribution is -2.35.